The second kappa shape index (κ2) is 9.71. The van der Waals surface area contributed by atoms with E-state index in [0.717, 1.165) is 39.0 Å². The molecule has 3 fully saturated rings. The first kappa shape index (κ1) is 20.4. The van der Waals surface area contributed by atoms with Crippen LogP contribution in [0.2, 0.25) is 0 Å². The van der Waals surface area contributed by atoms with Gasteiger partial charge >= 0.3 is 0 Å². The lowest BCUT2D eigenvalue weighted by molar-refractivity contribution is -0.186. The van der Waals surface area contributed by atoms with Crippen molar-refractivity contribution in [2.24, 2.45) is 10.9 Å². The van der Waals surface area contributed by atoms with E-state index in [-0.39, 0.29) is 24.3 Å². The zero-order valence-electron chi connectivity index (χ0n) is 16.7. The van der Waals surface area contributed by atoms with Gasteiger partial charge in [0, 0.05) is 52.6 Å². The normalized spacial score (nSPS) is 27.7. The number of nitrogens with one attached hydrogen (secondary N) is 2. The number of guanidine groups is 1. The minimum absolute atomic E-state index is 0.00876. The lowest BCUT2D eigenvalue weighted by Gasteiger charge is -2.31. The predicted molar refractivity (Wildman–Crippen MR) is 103 cm³/mol. The lowest BCUT2D eigenvalue weighted by Crippen LogP contribution is -2.44. The van der Waals surface area contributed by atoms with Crippen molar-refractivity contribution in [1.29, 1.82) is 0 Å². The molecule has 2 heterocycles. The predicted octanol–water partition coefficient (Wildman–Crippen LogP) is 0.722. The molecule has 27 heavy (non-hydrogen) atoms. The van der Waals surface area contributed by atoms with Crippen molar-refractivity contribution >= 4 is 11.9 Å². The Morgan fingerprint density at radius 3 is 2.63 bits per heavy atom. The molecule has 0 aromatic rings. The molecule has 3 rings (SSSR count). The highest BCUT2D eigenvalue weighted by Crippen LogP contribution is 2.37. The fourth-order valence-corrected chi connectivity index (χ4v) is 3.73. The molecular formula is C19H34N4O4. The molecule has 1 saturated carbocycles. The smallest absolute Gasteiger partial charge is 0.243 e. The molecule has 0 aromatic carbocycles. The minimum Gasteiger partial charge on any atom is -0.381 e. The van der Waals surface area contributed by atoms with Crippen LogP contribution in [-0.2, 0) is 19.0 Å². The van der Waals surface area contributed by atoms with Gasteiger partial charge in [-0.2, -0.15) is 0 Å². The van der Waals surface area contributed by atoms with Crippen LogP contribution in [0, 0.1) is 5.92 Å². The largest absolute Gasteiger partial charge is 0.381 e. The summed E-state index contributed by atoms with van der Waals surface area (Å²) in [5.74, 6) is 0.738. The van der Waals surface area contributed by atoms with Gasteiger partial charge in [0.25, 0.3) is 0 Å². The van der Waals surface area contributed by atoms with Crippen molar-refractivity contribution < 1.29 is 19.0 Å². The van der Waals surface area contributed by atoms with Gasteiger partial charge in [0.2, 0.25) is 5.91 Å². The lowest BCUT2D eigenvalue weighted by atomic mass is 9.94. The Morgan fingerprint density at radius 2 is 1.93 bits per heavy atom. The Bertz CT molecular complexity index is 514. The average molecular weight is 383 g/mol. The van der Waals surface area contributed by atoms with Crippen LogP contribution in [0.15, 0.2) is 4.99 Å². The number of carbonyl (C=O) groups is 1. The monoisotopic (exact) mass is 382 g/mol. The minimum atomic E-state index is -0.364. The molecule has 0 aromatic heterocycles. The van der Waals surface area contributed by atoms with E-state index >= 15 is 0 Å². The van der Waals surface area contributed by atoms with Gasteiger partial charge < -0.3 is 29.7 Å². The van der Waals surface area contributed by atoms with Crippen molar-refractivity contribution in [2.45, 2.75) is 50.4 Å². The van der Waals surface area contributed by atoms with Gasteiger partial charge in [-0.25, -0.2) is 4.99 Å². The summed E-state index contributed by atoms with van der Waals surface area (Å²) in [6, 6.07) is 0. The summed E-state index contributed by atoms with van der Waals surface area (Å²) in [7, 11) is 3.48. The Kier molecular flexibility index (Phi) is 7.32. The Morgan fingerprint density at radius 1 is 1.15 bits per heavy atom. The number of hydrogen-bond acceptors (Lipinski definition) is 5. The summed E-state index contributed by atoms with van der Waals surface area (Å²) >= 11 is 0. The van der Waals surface area contributed by atoms with Gasteiger partial charge in [0.05, 0.1) is 13.2 Å². The van der Waals surface area contributed by atoms with Crippen molar-refractivity contribution in [3.8, 4) is 0 Å². The van der Waals surface area contributed by atoms with E-state index in [1.54, 1.807) is 19.0 Å². The summed E-state index contributed by atoms with van der Waals surface area (Å²) < 4.78 is 17.6. The molecule has 154 valence electrons. The van der Waals surface area contributed by atoms with Crippen LogP contribution in [0.4, 0.5) is 0 Å². The van der Waals surface area contributed by atoms with Crippen LogP contribution < -0.4 is 10.6 Å². The second-order valence-electron chi connectivity index (χ2n) is 7.97. The molecule has 1 aliphatic carbocycles. The van der Waals surface area contributed by atoms with Gasteiger partial charge in [-0.15, -0.1) is 0 Å². The first-order chi connectivity index (χ1) is 13.1. The average Bonchev–Trinajstić information content (AvgIpc) is 3.32. The van der Waals surface area contributed by atoms with E-state index < -0.39 is 0 Å². The van der Waals surface area contributed by atoms with Crippen LogP contribution in [0.1, 0.15) is 38.5 Å². The molecule has 1 spiro atoms. The highest BCUT2D eigenvalue weighted by Gasteiger charge is 2.42. The van der Waals surface area contributed by atoms with Crippen LogP contribution in [0.5, 0.6) is 0 Å². The third kappa shape index (κ3) is 6.05. The number of carbonyl (C=O) groups excluding carboxylic acids is 1. The first-order valence-corrected chi connectivity index (χ1v) is 10.2. The number of aliphatic imine (C=N–C) groups is 1. The Labute approximate surface area is 162 Å². The van der Waals surface area contributed by atoms with Gasteiger partial charge in [-0.05, 0) is 19.3 Å². The summed E-state index contributed by atoms with van der Waals surface area (Å²) in [5, 5.41) is 6.67. The van der Waals surface area contributed by atoms with Gasteiger partial charge in [-0.3, -0.25) is 4.79 Å². The van der Waals surface area contributed by atoms with Crippen molar-refractivity contribution in [2.75, 3.05) is 53.6 Å². The molecule has 2 N–H and O–H groups in total. The molecule has 1 amide bonds. The fraction of sp³-hybridized carbons (Fsp3) is 0.895. The van der Waals surface area contributed by atoms with Gasteiger partial charge in [0.15, 0.2) is 11.7 Å². The molecule has 0 radical (unpaired) electrons. The summed E-state index contributed by atoms with van der Waals surface area (Å²) in [4.78, 5) is 17.9. The number of likely N-dealkylation sites (N-methyl/N-ethyl adjacent to an activating group) is 1. The standard InChI is InChI=1S/C19H34N4O4/c1-23(2)17(24)12-22-18(20-10-15-6-9-25-13-15)21-11-16-14-26-19(27-16)7-4-3-5-8-19/h15-16H,3-14H2,1-2H3,(H2,20,21,22). The number of amides is 1. The molecule has 8 heteroatoms. The van der Waals surface area contributed by atoms with E-state index in [2.05, 4.69) is 15.6 Å². The van der Waals surface area contributed by atoms with Crippen molar-refractivity contribution in [3.63, 3.8) is 0 Å². The van der Waals surface area contributed by atoms with E-state index in [9.17, 15) is 4.79 Å². The van der Waals surface area contributed by atoms with Crippen LogP contribution in [-0.4, -0.2) is 82.2 Å². The van der Waals surface area contributed by atoms with E-state index in [1.165, 1.54) is 19.3 Å². The van der Waals surface area contributed by atoms with Crippen molar-refractivity contribution in [3.05, 3.63) is 0 Å². The molecule has 2 atom stereocenters. The number of hydrogen-bond donors (Lipinski definition) is 2. The quantitative estimate of drug-likeness (QED) is 0.520. The molecule has 2 aliphatic heterocycles. The number of nitrogens with zero attached hydrogens (tertiary/aromatic N) is 2. The third-order valence-electron chi connectivity index (χ3n) is 5.48. The number of ether oxygens (including phenoxy) is 3. The fourth-order valence-electron chi connectivity index (χ4n) is 3.73. The SMILES string of the molecule is CN(C)C(=O)CN=C(NCC1CCOC1)NCC1COC2(CCCCC2)O1. The van der Waals surface area contributed by atoms with E-state index in [1.807, 2.05) is 0 Å². The summed E-state index contributed by atoms with van der Waals surface area (Å²) in [5.41, 5.74) is 0. The summed E-state index contributed by atoms with van der Waals surface area (Å²) in [6.45, 7) is 3.72. The van der Waals surface area contributed by atoms with Gasteiger partial charge in [0.1, 0.15) is 12.6 Å². The van der Waals surface area contributed by atoms with Crippen molar-refractivity contribution in [1.82, 2.24) is 15.5 Å². The van der Waals surface area contributed by atoms with Gasteiger partial charge in [-0.1, -0.05) is 6.42 Å². The highest BCUT2D eigenvalue weighted by atomic mass is 16.7. The molecule has 2 unspecified atom stereocenters. The molecule has 2 saturated heterocycles. The topological polar surface area (TPSA) is 84.4 Å². The summed E-state index contributed by atoms with van der Waals surface area (Å²) in [6.07, 6.45) is 6.65. The van der Waals surface area contributed by atoms with Crippen LogP contribution >= 0.6 is 0 Å². The highest BCUT2D eigenvalue weighted by molar-refractivity contribution is 5.84. The van der Waals surface area contributed by atoms with Crippen LogP contribution in [0.25, 0.3) is 0 Å². The maximum absolute atomic E-state index is 11.9. The maximum Gasteiger partial charge on any atom is 0.243 e. The number of rotatable bonds is 6. The molecule has 0 bridgehead atoms. The molecule has 8 nitrogen and oxygen atoms in total. The van der Waals surface area contributed by atoms with E-state index in [0.29, 0.717) is 25.0 Å². The Hall–Kier alpha value is -1.38. The third-order valence-corrected chi connectivity index (χ3v) is 5.48. The first-order valence-electron chi connectivity index (χ1n) is 10.2. The molecule has 3 aliphatic rings. The zero-order valence-corrected chi connectivity index (χ0v) is 16.7. The van der Waals surface area contributed by atoms with Crippen LogP contribution in [0.3, 0.4) is 0 Å². The molecular weight excluding hydrogens is 348 g/mol. The second-order valence-corrected chi connectivity index (χ2v) is 7.97. The van der Waals surface area contributed by atoms with E-state index in [4.69, 9.17) is 14.2 Å². The zero-order chi connectivity index (χ0) is 19.1. The Balaban J connectivity index is 1.49. The maximum atomic E-state index is 11.9.